The van der Waals surface area contributed by atoms with E-state index in [9.17, 15) is 0 Å². The lowest BCUT2D eigenvalue weighted by atomic mass is 10.1. The molecule has 1 fully saturated rings. The molecule has 1 atom stereocenters. The fraction of sp³-hybridized carbons (Fsp3) is 0.750. The first-order valence-corrected chi connectivity index (χ1v) is 6.15. The van der Waals surface area contributed by atoms with Gasteiger partial charge in [-0.1, -0.05) is 0 Å². The van der Waals surface area contributed by atoms with Gasteiger partial charge in [-0.3, -0.25) is 4.68 Å². The SMILES string of the molecule is CNCCCc1cnn(C2CCCOC2)c1. The second kappa shape index (κ2) is 6.01. The normalized spacial score (nSPS) is 21.2. The van der Waals surface area contributed by atoms with Gasteiger partial charge in [0, 0.05) is 12.8 Å². The fourth-order valence-electron chi connectivity index (χ4n) is 2.11. The predicted octanol–water partition coefficient (Wildman–Crippen LogP) is 1.39. The van der Waals surface area contributed by atoms with Gasteiger partial charge in [0.2, 0.25) is 0 Å². The molecule has 1 saturated heterocycles. The van der Waals surface area contributed by atoms with Crippen LogP contribution in [0.1, 0.15) is 30.9 Å². The largest absolute Gasteiger partial charge is 0.379 e. The van der Waals surface area contributed by atoms with E-state index in [2.05, 4.69) is 21.3 Å². The maximum atomic E-state index is 5.47. The Morgan fingerprint density at radius 3 is 3.31 bits per heavy atom. The lowest BCUT2D eigenvalue weighted by Crippen LogP contribution is -2.21. The van der Waals surface area contributed by atoms with E-state index < -0.39 is 0 Å². The summed E-state index contributed by atoms with van der Waals surface area (Å²) in [5.74, 6) is 0. The lowest BCUT2D eigenvalue weighted by molar-refractivity contribution is 0.0549. The number of hydrogen-bond donors (Lipinski definition) is 1. The molecule has 2 heterocycles. The summed E-state index contributed by atoms with van der Waals surface area (Å²) in [6.07, 6.45) is 8.79. The first-order chi connectivity index (χ1) is 7.90. The summed E-state index contributed by atoms with van der Waals surface area (Å²) in [6.45, 7) is 2.79. The van der Waals surface area contributed by atoms with Gasteiger partial charge in [-0.2, -0.15) is 5.10 Å². The lowest BCUT2D eigenvalue weighted by Gasteiger charge is -2.22. The minimum Gasteiger partial charge on any atom is -0.379 e. The number of rotatable bonds is 5. The molecule has 1 N–H and O–H groups in total. The molecule has 1 unspecified atom stereocenters. The number of nitrogens with one attached hydrogen (secondary N) is 1. The maximum absolute atomic E-state index is 5.47. The van der Waals surface area contributed by atoms with Crippen molar-refractivity contribution in [1.82, 2.24) is 15.1 Å². The summed E-state index contributed by atoms with van der Waals surface area (Å²) in [6, 6.07) is 0.451. The van der Waals surface area contributed by atoms with Gasteiger partial charge >= 0.3 is 0 Å². The van der Waals surface area contributed by atoms with E-state index in [0.717, 1.165) is 32.6 Å². The summed E-state index contributed by atoms with van der Waals surface area (Å²) >= 11 is 0. The fourth-order valence-corrected chi connectivity index (χ4v) is 2.11. The summed E-state index contributed by atoms with van der Waals surface area (Å²) in [7, 11) is 1.99. The highest BCUT2D eigenvalue weighted by atomic mass is 16.5. The Bertz CT molecular complexity index is 305. The molecule has 0 radical (unpaired) electrons. The van der Waals surface area contributed by atoms with Gasteiger partial charge in [0.15, 0.2) is 0 Å². The van der Waals surface area contributed by atoms with Crippen molar-refractivity contribution in [3.63, 3.8) is 0 Å². The predicted molar refractivity (Wildman–Crippen MR) is 63.6 cm³/mol. The molecule has 1 aliphatic rings. The molecule has 1 aromatic rings. The maximum Gasteiger partial charge on any atom is 0.0753 e. The zero-order chi connectivity index (χ0) is 11.2. The van der Waals surface area contributed by atoms with Crippen molar-refractivity contribution in [2.24, 2.45) is 0 Å². The molecule has 4 heteroatoms. The zero-order valence-corrected chi connectivity index (χ0v) is 9.98. The molecule has 0 bridgehead atoms. The third-order valence-corrected chi connectivity index (χ3v) is 3.06. The molecule has 0 aliphatic carbocycles. The Morgan fingerprint density at radius 2 is 2.56 bits per heavy atom. The van der Waals surface area contributed by atoms with Crippen LogP contribution in [-0.2, 0) is 11.2 Å². The van der Waals surface area contributed by atoms with E-state index >= 15 is 0 Å². The third kappa shape index (κ3) is 3.06. The average Bonchev–Trinajstić information content (AvgIpc) is 2.79. The smallest absolute Gasteiger partial charge is 0.0753 e. The number of ether oxygens (including phenoxy) is 1. The topological polar surface area (TPSA) is 39.1 Å². The highest BCUT2D eigenvalue weighted by Crippen LogP contribution is 2.19. The van der Waals surface area contributed by atoms with Crippen molar-refractivity contribution in [2.75, 3.05) is 26.8 Å². The van der Waals surface area contributed by atoms with Gasteiger partial charge in [0.1, 0.15) is 0 Å². The van der Waals surface area contributed by atoms with E-state index in [1.807, 2.05) is 13.2 Å². The molecule has 0 amide bonds. The first kappa shape index (κ1) is 11.6. The molecule has 2 rings (SSSR count). The van der Waals surface area contributed by atoms with E-state index in [4.69, 9.17) is 4.74 Å². The van der Waals surface area contributed by atoms with E-state index in [-0.39, 0.29) is 0 Å². The van der Waals surface area contributed by atoms with Crippen molar-refractivity contribution >= 4 is 0 Å². The average molecular weight is 223 g/mol. The Balaban J connectivity index is 1.85. The molecule has 1 aromatic heterocycles. The minimum absolute atomic E-state index is 0.451. The highest BCUT2D eigenvalue weighted by molar-refractivity contribution is 5.04. The second-order valence-electron chi connectivity index (χ2n) is 4.41. The van der Waals surface area contributed by atoms with Crippen molar-refractivity contribution in [3.8, 4) is 0 Å². The van der Waals surface area contributed by atoms with Crippen LogP contribution in [0.15, 0.2) is 12.4 Å². The third-order valence-electron chi connectivity index (χ3n) is 3.06. The van der Waals surface area contributed by atoms with Crippen molar-refractivity contribution in [1.29, 1.82) is 0 Å². The zero-order valence-electron chi connectivity index (χ0n) is 9.98. The van der Waals surface area contributed by atoms with E-state index in [0.29, 0.717) is 6.04 Å². The number of aryl methyl sites for hydroxylation is 1. The molecular formula is C12H21N3O. The van der Waals surface area contributed by atoms with Crippen LogP contribution in [0, 0.1) is 0 Å². The first-order valence-electron chi connectivity index (χ1n) is 6.15. The second-order valence-corrected chi connectivity index (χ2v) is 4.41. The van der Waals surface area contributed by atoms with Gasteiger partial charge < -0.3 is 10.1 Å². The standard InChI is InChI=1S/C12H21N3O/c1-13-6-2-4-11-8-14-15(9-11)12-5-3-7-16-10-12/h8-9,12-13H,2-7,10H2,1H3. The van der Waals surface area contributed by atoms with Gasteiger partial charge in [-0.05, 0) is 44.8 Å². The van der Waals surface area contributed by atoms with Crippen LogP contribution < -0.4 is 5.32 Å². The molecule has 4 nitrogen and oxygen atoms in total. The molecule has 0 aromatic carbocycles. The van der Waals surface area contributed by atoms with Crippen LogP contribution in [-0.4, -0.2) is 36.6 Å². The molecule has 1 aliphatic heterocycles. The van der Waals surface area contributed by atoms with Gasteiger partial charge in [0.25, 0.3) is 0 Å². The van der Waals surface area contributed by atoms with Crippen LogP contribution in [0.25, 0.3) is 0 Å². The summed E-state index contributed by atoms with van der Waals surface area (Å²) in [4.78, 5) is 0. The van der Waals surface area contributed by atoms with Gasteiger partial charge in [0.05, 0.1) is 18.8 Å². The van der Waals surface area contributed by atoms with Crippen LogP contribution in [0.3, 0.4) is 0 Å². The van der Waals surface area contributed by atoms with E-state index in [1.54, 1.807) is 0 Å². The Morgan fingerprint density at radius 1 is 1.62 bits per heavy atom. The summed E-state index contributed by atoms with van der Waals surface area (Å²) in [5, 5.41) is 7.60. The molecule has 90 valence electrons. The Labute approximate surface area is 97.0 Å². The number of nitrogens with zero attached hydrogens (tertiary/aromatic N) is 2. The van der Waals surface area contributed by atoms with Crippen LogP contribution >= 0.6 is 0 Å². The van der Waals surface area contributed by atoms with Gasteiger partial charge in [-0.25, -0.2) is 0 Å². The van der Waals surface area contributed by atoms with Gasteiger partial charge in [-0.15, -0.1) is 0 Å². The van der Waals surface area contributed by atoms with E-state index in [1.165, 1.54) is 18.4 Å². The summed E-state index contributed by atoms with van der Waals surface area (Å²) in [5.41, 5.74) is 1.33. The quantitative estimate of drug-likeness (QED) is 0.767. The number of aromatic nitrogens is 2. The van der Waals surface area contributed by atoms with Crippen molar-refractivity contribution in [3.05, 3.63) is 18.0 Å². The van der Waals surface area contributed by atoms with Crippen LogP contribution in [0.5, 0.6) is 0 Å². The molecule has 0 spiro atoms. The van der Waals surface area contributed by atoms with Crippen molar-refractivity contribution < 1.29 is 4.74 Å². The Hall–Kier alpha value is -0.870. The minimum atomic E-state index is 0.451. The van der Waals surface area contributed by atoms with Crippen LogP contribution in [0.4, 0.5) is 0 Å². The molecule has 16 heavy (non-hydrogen) atoms. The van der Waals surface area contributed by atoms with Crippen molar-refractivity contribution in [2.45, 2.75) is 31.7 Å². The number of hydrogen-bond acceptors (Lipinski definition) is 3. The Kier molecular flexibility index (Phi) is 4.36. The monoisotopic (exact) mass is 223 g/mol. The summed E-state index contributed by atoms with van der Waals surface area (Å²) < 4.78 is 7.55. The highest BCUT2D eigenvalue weighted by Gasteiger charge is 2.16. The molecular weight excluding hydrogens is 202 g/mol. The molecule has 0 saturated carbocycles. The van der Waals surface area contributed by atoms with Crippen LogP contribution in [0.2, 0.25) is 0 Å².